The molecule has 158 valence electrons. The maximum absolute atomic E-state index is 12.4. The average Bonchev–Trinajstić information content (AvgIpc) is 2.74. The van der Waals surface area contributed by atoms with Gasteiger partial charge in [-0.25, -0.2) is 4.98 Å². The summed E-state index contributed by atoms with van der Waals surface area (Å²) in [5.74, 6) is 1.38. The van der Waals surface area contributed by atoms with E-state index in [2.05, 4.69) is 20.2 Å². The molecule has 2 N–H and O–H groups in total. The Kier molecular flexibility index (Phi) is 7.19. The Balaban J connectivity index is 1.55. The Morgan fingerprint density at radius 1 is 1.17 bits per heavy atom. The third-order valence-corrected chi connectivity index (χ3v) is 5.09. The van der Waals surface area contributed by atoms with Crippen LogP contribution in [0.2, 0.25) is 0 Å². The zero-order valence-electron chi connectivity index (χ0n) is 17.6. The molecule has 30 heavy (non-hydrogen) atoms. The van der Waals surface area contributed by atoms with Crippen LogP contribution in [0.25, 0.3) is 10.9 Å². The summed E-state index contributed by atoms with van der Waals surface area (Å²) in [4.78, 5) is 33.9. The third kappa shape index (κ3) is 5.24. The van der Waals surface area contributed by atoms with Gasteiger partial charge in [0.05, 0.1) is 24.1 Å². The molecule has 0 fully saturated rings. The fraction of sp³-hybridized carbons (Fsp3) is 0.348. The van der Waals surface area contributed by atoms with E-state index in [0.29, 0.717) is 42.5 Å². The molecule has 0 saturated carbocycles. The number of aryl methyl sites for hydroxylation is 1. The summed E-state index contributed by atoms with van der Waals surface area (Å²) < 4.78 is 5.46. The van der Waals surface area contributed by atoms with Crippen LogP contribution in [-0.4, -0.2) is 48.5 Å². The van der Waals surface area contributed by atoms with Crippen molar-refractivity contribution in [2.75, 3.05) is 27.7 Å². The molecule has 1 unspecified atom stereocenters. The normalized spacial score (nSPS) is 12.1. The largest absolute Gasteiger partial charge is 0.496 e. The van der Waals surface area contributed by atoms with Crippen LogP contribution in [0.15, 0.2) is 53.3 Å². The summed E-state index contributed by atoms with van der Waals surface area (Å²) in [5.41, 5.74) is 1.56. The molecule has 0 bridgehead atoms. The molecule has 7 heteroatoms. The summed E-state index contributed by atoms with van der Waals surface area (Å²) in [6.45, 7) is 0.483. The number of carbonyl (C=O) groups is 1. The quantitative estimate of drug-likeness (QED) is 0.568. The van der Waals surface area contributed by atoms with Crippen LogP contribution in [0.1, 0.15) is 30.3 Å². The SMILES string of the molecule is COc1ccccc1C(CNC(=O)CCCc1nc2ccccc2c(=O)[nH]1)N(C)C. The molecule has 0 saturated heterocycles. The van der Waals surface area contributed by atoms with E-state index in [4.69, 9.17) is 4.74 Å². The number of H-pyrrole nitrogens is 1. The highest BCUT2D eigenvalue weighted by Gasteiger charge is 2.19. The van der Waals surface area contributed by atoms with Crippen molar-refractivity contribution in [1.82, 2.24) is 20.2 Å². The number of benzene rings is 2. The molecule has 2 aromatic carbocycles. The molecule has 1 atom stereocenters. The zero-order chi connectivity index (χ0) is 21.5. The molecular weight excluding hydrogens is 380 g/mol. The van der Waals surface area contributed by atoms with Crippen LogP contribution in [0.5, 0.6) is 5.75 Å². The second kappa shape index (κ2) is 10.0. The van der Waals surface area contributed by atoms with Crippen LogP contribution in [0, 0.1) is 0 Å². The number of para-hydroxylation sites is 2. The van der Waals surface area contributed by atoms with Gasteiger partial charge in [-0.3, -0.25) is 9.59 Å². The monoisotopic (exact) mass is 408 g/mol. The molecule has 7 nitrogen and oxygen atoms in total. The molecule has 1 amide bonds. The van der Waals surface area contributed by atoms with Gasteiger partial charge in [0.15, 0.2) is 0 Å². The van der Waals surface area contributed by atoms with Gasteiger partial charge in [-0.05, 0) is 38.7 Å². The molecule has 0 aliphatic heterocycles. The number of likely N-dealkylation sites (N-methyl/N-ethyl adjacent to an activating group) is 1. The molecule has 3 aromatic rings. The van der Waals surface area contributed by atoms with Crippen molar-refractivity contribution in [3.8, 4) is 5.75 Å². The van der Waals surface area contributed by atoms with Gasteiger partial charge in [0.1, 0.15) is 11.6 Å². The van der Waals surface area contributed by atoms with Crippen molar-refractivity contribution in [1.29, 1.82) is 0 Å². The first kappa shape index (κ1) is 21.5. The minimum absolute atomic E-state index is 0.00334. The average molecular weight is 409 g/mol. The summed E-state index contributed by atoms with van der Waals surface area (Å²) in [6.07, 6.45) is 1.51. The van der Waals surface area contributed by atoms with Crippen molar-refractivity contribution in [3.63, 3.8) is 0 Å². The maximum Gasteiger partial charge on any atom is 0.258 e. The lowest BCUT2D eigenvalue weighted by molar-refractivity contribution is -0.121. The highest BCUT2D eigenvalue weighted by Crippen LogP contribution is 2.27. The number of hydrogen-bond acceptors (Lipinski definition) is 5. The number of nitrogens with zero attached hydrogens (tertiary/aromatic N) is 2. The van der Waals surface area contributed by atoms with Crippen molar-refractivity contribution in [3.05, 3.63) is 70.3 Å². The molecule has 0 spiro atoms. The first-order chi connectivity index (χ1) is 14.5. The van der Waals surface area contributed by atoms with E-state index in [1.54, 1.807) is 13.2 Å². The first-order valence-electron chi connectivity index (χ1n) is 10.0. The first-order valence-corrected chi connectivity index (χ1v) is 10.0. The molecular formula is C23H28N4O3. The Hall–Kier alpha value is -3.19. The number of rotatable bonds is 9. The van der Waals surface area contributed by atoms with Crippen molar-refractivity contribution >= 4 is 16.8 Å². The van der Waals surface area contributed by atoms with Gasteiger partial charge >= 0.3 is 0 Å². The van der Waals surface area contributed by atoms with Crippen molar-refractivity contribution in [2.24, 2.45) is 0 Å². The lowest BCUT2D eigenvalue weighted by atomic mass is 10.0. The van der Waals surface area contributed by atoms with E-state index in [9.17, 15) is 9.59 Å². The maximum atomic E-state index is 12.4. The molecule has 0 aliphatic carbocycles. The van der Waals surface area contributed by atoms with E-state index in [1.807, 2.05) is 56.6 Å². The van der Waals surface area contributed by atoms with E-state index in [-0.39, 0.29) is 17.5 Å². The fourth-order valence-electron chi connectivity index (χ4n) is 3.48. The van der Waals surface area contributed by atoms with Crippen molar-refractivity contribution < 1.29 is 9.53 Å². The number of amides is 1. The summed E-state index contributed by atoms with van der Waals surface area (Å²) in [7, 11) is 5.60. The number of fused-ring (bicyclic) bond motifs is 1. The van der Waals surface area contributed by atoms with Gasteiger partial charge in [0.2, 0.25) is 5.91 Å². The van der Waals surface area contributed by atoms with Crippen LogP contribution in [0.4, 0.5) is 0 Å². The second-order valence-electron chi connectivity index (χ2n) is 7.41. The van der Waals surface area contributed by atoms with E-state index in [1.165, 1.54) is 0 Å². The second-order valence-corrected chi connectivity index (χ2v) is 7.41. The predicted molar refractivity (Wildman–Crippen MR) is 118 cm³/mol. The number of aromatic nitrogens is 2. The van der Waals surface area contributed by atoms with Gasteiger partial charge in [-0.2, -0.15) is 0 Å². The topological polar surface area (TPSA) is 87.3 Å². The minimum Gasteiger partial charge on any atom is -0.496 e. The Labute approximate surface area is 176 Å². The van der Waals surface area contributed by atoms with Crippen LogP contribution in [-0.2, 0) is 11.2 Å². The minimum atomic E-state index is -0.148. The number of ether oxygens (including phenoxy) is 1. The lowest BCUT2D eigenvalue weighted by Crippen LogP contribution is -2.34. The van der Waals surface area contributed by atoms with Crippen molar-refractivity contribution in [2.45, 2.75) is 25.3 Å². The number of hydrogen-bond donors (Lipinski definition) is 2. The summed E-state index contributed by atoms with van der Waals surface area (Å²) >= 11 is 0. The summed E-state index contributed by atoms with van der Waals surface area (Å²) in [5, 5.41) is 3.59. The van der Waals surface area contributed by atoms with Gasteiger partial charge < -0.3 is 19.9 Å². The highest BCUT2D eigenvalue weighted by atomic mass is 16.5. The number of nitrogens with one attached hydrogen (secondary N) is 2. The Bertz CT molecular complexity index is 1060. The van der Waals surface area contributed by atoms with Gasteiger partial charge in [0.25, 0.3) is 5.56 Å². The fourth-order valence-corrected chi connectivity index (χ4v) is 3.48. The van der Waals surface area contributed by atoms with E-state index in [0.717, 1.165) is 11.3 Å². The summed E-state index contributed by atoms with van der Waals surface area (Å²) in [6, 6.07) is 15.1. The van der Waals surface area contributed by atoms with Crippen LogP contribution >= 0.6 is 0 Å². The predicted octanol–water partition coefficient (Wildman–Crippen LogP) is 2.67. The zero-order valence-corrected chi connectivity index (χ0v) is 17.6. The molecule has 0 radical (unpaired) electrons. The molecule has 3 rings (SSSR count). The standard InChI is InChI=1S/C23H28N4O3/c1-27(2)19(17-10-5-7-12-20(17)30-3)15-24-22(28)14-8-13-21-25-18-11-6-4-9-16(18)23(29)26-21/h4-7,9-12,19H,8,13-15H2,1-3H3,(H,24,28)(H,25,26,29). The van der Waals surface area contributed by atoms with Gasteiger partial charge in [0, 0.05) is 24.9 Å². The van der Waals surface area contributed by atoms with Gasteiger partial charge in [-0.15, -0.1) is 0 Å². The Morgan fingerprint density at radius 2 is 1.90 bits per heavy atom. The molecule has 0 aliphatic rings. The van der Waals surface area contributed by atoms with E-state index < -0.39 is 0 Å². The van der Waals surface area contributed by atoms with Crippen LogP contribution < -0.4 is 15.6 Å². The number of methoxy groups -OCH3 is 1. The van der Waals surface area contributed by atoms with Crippen LogP contribution in [0.3, 0.4) is 0 Å². The smallest absolute Gasteiger partial charge is 0.258 e. The third-order valence-electron chi connectivity index (χ3n) is 5.09. The lowest BCUT2D eigenvalue weighted by Gasteiger charge is -2.26. The van der Waals surface area contributed by atoms with Gasteiger partial charge in [-0.1, -0.05) is 30.3 Å². The van der Waals surface area contributed by atoms with E-state index >= 15 is 0 Å². The highest BCUT2D eigenvalue weighted by molar-refractivity contribution is 5.77. The number of aromatic amines is 1. The molecule has 1 aromatic heterocycles. The number of carbonyl (C=O) groups excluding carboxylic acids is 1. The molecule has 1 heterocycles. The Morgan fingerprint density at radius 3 is 2.67 bits per heavy atom.